The number of aldehydes is 1. The summed E-state index contributed by atoms with van der Waals surface area (Å²) in [4.78, 5) is 19.0. The van der Waals surface area contributed by atoms with E-state index in [2.05, 4.69) is 23.8 Å². The second kappa shape index (κ2) is 4.12. The molecule has 1 unspecified atom stereocenters. The number of hydrogen-bond acceptors (Lipinski definition) is 3. The molecule has 0 spiro atoms. The first-order valence-electron chi connectivity index (χ1n) is 4.48. The van der Waals surface area contributed by atoms with Crippen LogP contribution in [-0.2, 0) is 0 Å². The Kier molecular flexibility index (Phi) is 3.12. The zero-order chi connectivity index (χ0) is 9.84. The lowest BCUT2D eigenvalue weighted by Crippen LogP contribution is -2.04. The van der Waals surface area contributed by atoms with Gasteiger partial charge in [0.2, 0.25) is 0 Å². The van der Waals surface area contributed by atoms with Crippen molar-refractivity contribution in [2.45, 2.75) is 33.1 Å². The molecular formula is C10H14N2O. The monoisotopic (exact) mass is 178 g/mol. The predicted molar refractivity (Wildman–Crippen MR) is 50.9 cm³/mol. The number of carbonyl (C=O) groups is 1. The zero-order valence-electron chi connectivity index (χ0n) is 8.24. The Balaban J connectivity index is 3.07. The third-order valence-electron chi connectivity index (χ3n) is 2.07. The van der Waals surface area contributed by atoms with E-state index in [0.29, 0.717) is 11.6 Å². The highest BCUT2D eigenvalue weighted by Gasteiger charge is 2.07. The average molecular weight is 178 g/mol. The van der Waals surface area contributed by atoms with Crippen molar-refractivity contribution < 1.29 is 4.79 Å². The summed E-state index contributed by atoms with van der Waals surface area (Å²) < 4.78 is 0. The zero-order valence-corrected chi connectivity index (χ0v) is 8.24. The minimum absolute atomic E-state index is 0.318. The van der Waals surface area contributed by atoms with Crippen LogP contribution in [-0.4, -0.2) is 16.3 Å². The maximum atomic E-state index is 10.5. The predicted octanol–water partition coefficient (Wildman–Crippen LogP) is 2.11. The molecule has 0 aliphatic heterocycles. The van der Waals surface area contributed by atoms with E-state index in [9.17, 15) is 4.79 Å². The molecule has 1 aromatic heterocycles. The topological polar surface area (TPSA) is 42.9 Å². The highest BCUT2D eigenvalue weighted by molar-refractivity contribution is 5.71. The SMILES string of the molecule is CCC(C)c1nc(C)cc(C=O)n1. The number of aromatic nitrogens is 2. The standard InChI is InChI=1S/C10H14N2O/c1-4-7(2)10-11-8(3)5-9(6-13)12-10/h5-7H,4H2,1-3H3. The van der Waals surface area contributed by atoms with Gasteiger partial charge in [0, 0.05) is 11.6 Å². The number of hydrogen-bond donors (Lipinski definition) is 0. The smallest absolute Gasteiger partial charge is 0.168 e. The van der Waals surface area contributed by atoms with Crippen molar-refractivity contribution in [3.63, 3.8) is 0 Å². The maximum Gasteiger partial charge on any atom is 0.168 e. The Morgan fingerprint density at radius 2 is 2.23 bits per heavy atom. The molecule has 1 aromatic rings. The van der Waals surface area contributed by atoms with Gasteiger partial charge in [-0.15, -0.1) is 0 Å². The number of carbonyl (C=O) groups excluding carboxylic acids is 1. The molecule has 0 aliphatic carbocycles. The third-order valence-corrected chi connectivity index (χ3v) is 2.07. The lowest BCUT2D eigenvalue weighted by atomic mass is 10.1. The van der Waals surface area contributed by atoms with Crippen molar-refractivity contribution in [2.24, 2.45) is 0 Å². The molecule has 1 rings (SSSR count). The summed E-state index contributed by atoms with van der Waals surface area (Å²) in [5.74, 6) is 1.09. The first-order valence-corrected chi connectivity index (χ1v) is 4.48. The Bertz CT molecular complexity index is 310. The fraction of sp³-hybridized carbons (Fsp3) is 0.500. The normalized spacial score (nSPS) is 12.5. The van der Waals surface area contributed by atoms with Gasteiger partial charge in [-0.3, -0.25) is 4.79 Å². The molecule has 3 nitrogen and oxygen atoms in total. The van der Waals surface area contributed by atoms with Gasteiger partial charge in [-0.1, -0.05) is 13.8 Å². The van der Waals surface area contributed by atoms with Crippen LogP contribution in [0.1, 0.15) is 48.2 Å². The van der Waals surface area contributed by atoms with E-state index in [1.54, 1.807) is 6.07 Å². The summed E-state index contributed by atoms with van der Waals surface area (Å²) in [6, 6.07) is 1.69. The van der Waals surface area contributed by atoms with Gasteiger partial charge in [0.25, 0.3) is 0 Å². The summed E-state index contributed by atoms with van der Waals surface area (Å²) in [7, 11) is 0. The first kappa shape index (κ1) is 9.84. The van der Waals surface area contributed by atoms with Crippen LogP contribution in [0.2, 0.25) is 0 Å². The molecule has 13 heavy (non-hydrogen) atoms. The van der Waals surface area contributed by atoms with Gasteiger partial charge in [-0.05, 0) is 19.4 Å². The van der Waals surface area contributed by atoms with Crippen LogP contribution in [0, 0.1) is 6.92 Å². The molecule has 0 bridgehead atoms. The van der Waals surface area contributed by atoms with E-state index in [1.807, 2.05) is 6.92 Å². The molecule has 0 fully saturated rings. The molecule has 0 aliphatic rings. The van der Waals surface area contributed by atoms with E-state index in [1.165, 1.54) is 0 Å². The average Bonchev–Trinajstić information content (AvgIpc) is 2.15. The summed E-state index contributed by atoms with van der Waals surface area (Å²) in [5.41, 5.74) is 1.33. The van der Waals surface area contributed by atoms with Crippen LogP contribution in [0.5, 0.6) is 0 Å². The van der Waals surface area contributed by atoms with Gasteiger partial charge in [0.15, 0.2) is 6.29 Å². The molecule has 0 N–H and O–H groups in total. The first-order chi connectivity index (χ1) is 6.17. The van der Waals surface area contributed by atoms with E-state index in [-0.39, 0.29) is 0 Å². The molecule has 0 saturated heterocycles. The molecule has 1 heterocycles. The Labute approximate surface area is 78.2 Å². The van der Waals surface area contributed by atoms with E-state index in [0.717, 1.165) is 24.2 Å². The van der Waals surface area contributed by atoms with Crippen LogP contribution in [0.4, 0.5) is 0 Å². The van der Waals surface area contributed by atoms with Crippen LogP contribution in [0.3, 0.4) is 0 Å². The second-order valence-electron chi connectivity index (χ2n) is 3.22. The quantitative estimate of drug-likeness (QED) is 0.666. The fourth-order valence-corrected chi connectivity index (χ4v) is 1.08. The van der Waals surface area contributed by atoms with Crippen molar-refractivity contribution in [3.05, 3.63) is 23.3 Å². The molecule has 70 valence electrons. The lowest BCUT2D eigenvalue weighted by Gasteiger charge is -2.07. The van der Waals surface area contributed by atoms with Crippen molar-refractivity contribution >= 4 is 6.29 Å². The minimum atomic E-state index is 0.318. The Morgan fingerprint density at radius 3 is 2.77 bits per heavy atom. The highest BCUT2D eigenvalue weighted by Crippen LogP contribution is 2.14. The Morgan fingerprint density at radius 1 is 1.54 bits per heavy atom. The third kappa shape index (κ3) is 2.34. The molecule has 0 radical (unpaired) electrons. The summed E-state index contributed by atoms with van der Waals surface area (Å²) in [6.07, 6.45) is 1.75. The summed E-state index contributed by atoms with van der Waals surface area (Å²) in [5, 5.41) is 0. The Hall–Kier alpha value is -1.25. The van der Waals surface area contributed by atoms with Gasteiger partial charge in [0.1, 0.15) is 11.5 Å². The molecule has 1 atom stereocenters. The molecule has 0 amide bonds. The van der Waals surface area contributed by atoms with E-state index < -0.39 is 0 Å². The van der Waals surface area contributed by atoms with Crippen molar-refractivity contribution in [2.75, 3.05) is 0 Å². The minimum Gasteiger partial charge on any atom is -0.296 e. The summed E-state index contributed by atoms with van der Waals surface area (Å²) >= 11 is 0. The van der Waals surface area contributed by atoms with Crippen molar-refractivity contribution in [1.82, 2.24) is 9.97 Å². The second-order valence-corrected chi connectivity index (χ2v) is 3.22. The van der Waals surface area contributed by atoms with E-state index >= 15 is 0 Å². The fourth-order valence-electron chi connectivity index (χ4n) is 1.08. The van der Waals surface area contributed by atoms with Gasteiger partial charge >= 0.3 is 0 Å². The van der Waals surface area contributed by atoms with Gasteiger partial charge in [0.05, 0.1) is 0 Å². The van der Waals surface area contributed by atoms with Crippen molar-refractivity contribution in [1.29, 1.82) is 0 Å². The summed E-state index contributed by atoms with van der Waals surface area (Å²) in [6.45, 7) is 6.01. The number of aryl methyl sites for hydroxylation is 1. The molecule has 0 aromatic carbocycles. The molecule has 3 heteroatoms. The van der Waals surface area contributed by atoms with Crippen LogP contribution < -0.4 is 0 Å². The van der Waals surface area contributed by atoms with Gasteiger partial charge in [-0.2, -0.15) is 0 Å². The van der Waals surface area contributed by atoms with Gasteiger partial charge in [-0.25, -0.2) is 9.97 Å². The van der Waals surface area contributed by atoms with E-state index in [4.69, 9.17) is 0 Å². The number of rotatable bonds is 3. The van der Waals surface area contributed by atoms with Crippen LogP contribution >= 0.6 is 0 Å². The van der Waals surface area contributed by atoms with Gasteiger partial charge < -0.3 is 0 Å². The highest BCUT2D eigenvalue weighted by atomic mass is 16.1. The largest absolute Gasteiger partial charge is 0.296 e. The lowest BCUT2D eigenvalue weighted by molar-refractivity contribution is 0.111. The molecular weight excluding hydrogens is 164 g/mol. The van der Waals surface area contributed by atoms with Crippen LogP contribution in [0.25, 0.3) is 0 Å². The number of nitrogens with zero attached hydrogens (tertiary/aromatic N) is 2. The maximum absolute atomic E-state index is 10.5. The van der Waals surface area contributed by atoms with Crippen LogP contribution in [0.15, 0.2) is 6.07 Å². The van der Waals surface area contributed by atoms with Crippen molar-refractivity contribution in [3.8, 4) is 0 Å². The molecule has 0 saturated carbocycles.